The van der Waals surface area contributed by atoms with Gasteiger partial charge in [0.25, 0.3) is 0 Å². The van der Waals surface area contributed by atoms with Gasteiger partial charge in [-0.2, -0.15) is 0 Å². The van der Waals surface area contributed by atoms with Crippen LogP contribution in [-0.4, -0.2) is 9.55 Å². The average Bonchev–Trinajstić information content (AvgIpc) is 3.59. The molecule has 0 unspecified atom stereocenters. The van der Waals surface area contributed by atoms with Crippen molar-refractivity contribution in [1.82, 2.24) is 9.55 Å². The molecular weight excluding hydrogens is 674 g/mol. The van der Waals surface area contributed by atoms with Gasteiger partial charge < -0.3 is 9.47 Å². The van der Waals surface area contributed by atoms with E-state index in [9.17, 15) is 4.39 Å². The number of rotatable bonds is 7. The number of para-hydroxylation sites is 2. The van der Waals surface area contributed by atoms with E-state index in [1.807, 2.05) is 30.5 Å². The molecule has 10 rings (SSSR count). The molecule has 0 saturated heterocycles. The molecule has 0 fully saturated rings. The van der Waals surface area contributed by atoms with E-state index < -0.39 is 0 Å². The predicted octanol–water partition coefficient (Wildman–Crippen LogP) is 14.1. The van der Waals surface area contributed by atoms with Crippen molar-refractivity contribution in [3.05, 3.63) is 199 Å². The lowest BCUT2D eigenvalue weighted by molar-refractivity contribution is 0.627. The number of halogens is 1. The van der Waals surface area contributed by atoms with Crippen LogP contribution in [0.15, 0.2) is 182 Å². The van der Waals surface area contributed by atoms with Crippen molar-refractivity contribution in [2.24, 2.45) is 0 Å². The molecule has 2 aromatic heterocycles. The Morgan fingerprint density at radius 1 is 0.491 bits per heavy atom. The first-order valence-corrected chi connectivity index (χ1v) is 18.7. The standard InChI is InChI=1S/C51H36FN3/c1-33(34(2)47-30-25-40(32-53-47)54(37-13-5-3-6-14-37)38-15-7-4-8-16-38)41-27-28-44(43-18-10-9-17-42(41)43)45-29-31-49-51-46(45)26-20-35-12-11-19-48(50(35)51)55(49)39-23-21-36(52)22-24-39/h3-32H,1-2H3/b34-33+. The zero-order valence-electron chi connectivity index (χ0n) is 30.5. The highest BCUT2D eigenvalue weighted by Gasteiger charge is 2.21. The molecule has 0 aliphatic rings. The summed E-state index contributed by atoms with van der Waals surface area (Å²) < 4.78 is 16.3. The third-order valence-corrected chi connectivity index (χ3v) is 11.1. The first-order valence-electron chi connectivity index (χ1n) is 18.7. The fourth-order valence-electron chi connectivity index (χ4n) is 8.39. The van der Waals surface area contributed by atoms with Crippen LogP contribution < -0.4 is 4.90 Å². The van der Waals surface area contributed by atoms with Crippen molar-refractivity contribution in [1.29, 1.82) is 0 Å². The van der Waals surface area contributed by atoms with E-state index in [2.05, 4.69) is 163 Å². The number of benzene rings is 8. The molecule has 262 valence electrons. The van der Waals surface area contributed by atoms with Crippen LogP contribution in [0.1, 0.15) is 25.1 Å². The molecule has 3 nitrogen and oxygen atoms in total. The van der Waals surface area contributed by atoms with Crippen LogP contribution in [0.4, 0.5) is 21.5 Å². The van der Waals surface area contributed by atoms with Crippen molar-refractivity contribution in [3.63, 3.8) is 0 Å². The fourth-order valence-corrected chi connectivity index (χ4v) is 8.39. The summed E-state index contributed by atoms with van der Waals surface area (Å²) in [4.78, 5) is 7.26. The van der Waals surface area contributed by atoms with E-state index in [0.717, 1.165) is 45.0 Å². The maximum absolute atomic E-state index is 14.0. The summed E-state index contributed by atoms with van der Waals surface area (Å²) in [6.07, 6.45) is 1.97. The lowest BCUT2D eigenvalue weighted by atomic mass is 9.88. The quantitative estimate of drug-likeness (QED) is 0.154. The number of anilines is 3. The summed E-state index contributed by atoms with van der Waals surface area (Å²) in [6, 6.07) is 60.6. The van der Waals surface area contributed by atoms with Crippen molar-refractivity contribution in [2.75, 3.05) is 4.90 Å². The number of hydrogen-bond donors (Lipinski definition) is 0. The van der Waals surface area contributed by atoms with Crippen molar-refractivity contribution in [2.45, 2.75) is 13.8 Å². The monoisotopic (exact) mass is 709 g/mol. The molecular formula is C51H36FN3. The minimum atomic E-state index is -0.238. The molecule has 8 aromatic carbocycles. The van der Waals surface area contributed by atoms with Gasteiger partial charge in [-0.25, -0.2) is 4.39 Å². The van der Waals surface area contributed by atoms with Crippen LogP contribution in [0.3, 0.4) is 0 Å². The summed E-state index contributed by atoms with van der Waals surface area (Å²) in [5.41, 5.74) is 13.2. The Hall–Kier alpha value is -7.04. The average molecular weight is 710 g/mol. The largest absolute Gasteiger partial charge is 0.309 e. The Morgan fingerprint density at radius 3 is 1.85 bits per heavy atom. The number of nitrogens with zero attached hydrogens (tertiary/aromatic N) is 3. The topological polar surface area (TPSA) is 21.1 Å². The summed E-state index contributed by atoms with van der Waals surface area (Å²) in [5, 5.41) is 7.25. The lowest BCUT2D eigenvalue weighted by Crippen LogP contribution is -2.10. The number of fused-ring (bicyclic) bond motifs is 1. The van der Waals surface area contributed by atoms with Crippen molar-refractivity contribution < 1.29 is 4.39 Å². The summed E-state index contributed by atoms with van der Waals surface area (Å²) in [5.74, 6) is -0.238. The molecule has 0 radical (unpaired) electrons. The van der Waals surface area contributed by atoms with E-state index in [1.54, 1.807) is 0 Å². The Morgan fingerprint density at radius 2 is 1.15 bits per heavy atom. The van der Waals surface area contributed by atoms with Gasteiger partial charge in [0.2, 0.25) is 0 Å². The first kappa shape index (κ1) is 32.6. The van der Waals surface area contributed by atoms with Crippen molar-refractivity contribution in [3.8, 4) is 16.8 Å². The van der Waals surface area contributed by atoms with Gasteiger partial charge in [0.1, 0.15) is 5.82 Å². The molecule has 0 amide bonds. The molecule has 0 atom stereocenters. The van der Waals surface area contributed by atoms with E-state index >= 15 is 0 Å². The number of aromatic nitrogens is 2. The van der Waals surface area contributed by atoms with Gasteiger partial charge in [-0.3, -0.25) is 4.98 Å². The van der Waals surface area contributed by atoms with E-state index in [-0.39, 0.29) is 5.82 Å². The van der Waals surface area contributed by atoms with E-state index in [0.29, 0.717) is 0 Å². The van der Waals surface area contributed by atoms with Gasteiger partial charge in [-0.05, 0) is 136 Å². The molecule has 4 heteroatoms. The molecule has 0 aliphatic carbocycles. The Bertz CT molecular complexity index is 3000. The highest BCUT2D eigenvalue weighted by molar-refractivity contribution is 6.27. The highest BCUT2D eigenvalue weighted by atomic mass is 19.1. The molecule has 0 spiro atoms. The normalized spacial score (nSPS) is 12.2. The molecule has 0 N–H and O–H groups in total. The Balaban J connectivity index is 1.07. The van der Waals surface area contributed by atoms with E-state index in [1.165, 1.54) is 66.7 Å². The SMILES string of the molecule is C/C(=C(/C)c1ccc(-c2ccc3c4c2ccc2cccc(c24)n3-c2ccc(F)cc2)c2ccccc12)c1ccc(N(c2ccccc2)c2ccccc2)cn1. The maximum atomic E-state index is 14.0. The zero-order chi connectivity index (χ0) is 37.0. The summed E-state index contributed by atoms with van der Waals surface area (Å²) >= 11 is 0. The molecule has 0 saturated carbocycles. The van der Waals surface area contributed by atoms with E-state index in [4.69, 9.17) is 4.98 Å². The van der Waals surface area contributed by atoms with Crippen LogP contribution >= 0.6 is 0 Å². The van der Waals surface area contributed by atoms with Gasteiger partial charge in [0, 0.05) is 27.8 Å². The fraction of sp³-hybridized carbons (Fsp3) is 0.0392. The number of pyridine rings is 1. The Labute approximate surface area is 319 Å². The van der Waals surface area contributed by atoms with Crippen LogP contribution in [0.5, 0.6) is 0 Å². The second kappa shape index (κ2) is 13.1. The molecule has 0 bridgehead atoms. The second-order valence-electron chi connectivity index (χ2n) is 14.2. The zero-order valence-corrected chi connectivity index (χ0v) is 30.5. The minimum Gasteiger partial charge on any atom is -0.309 e. The van der Waals surface area contributed by atoms with Gasteiger partial charge in [-0.1, -0.05) is 103 Å². The summed E-state index contributed by atoms with van der Waals surface area (Å²) in [7, 11) is 0. The van der Waals surface area contributed by atoms with Crippen LogP contribution in [-0.2, 0) is 0 Å². The number of allylic oxidation sites excluding steroid dienone is 2. The maximum Gasteiger partial charge on any atom is 0.123 e. The minimum absolute atomic E-state index is 0.238. The van der Waals surface area contributed by atoms with Crippen LogP contribution in [0.2, 0.25) is 0 Å². The number of hydrogen-bond acceptors (Lipinski definition) is 2. The van der Waals surface area contributed by atoms with Crippen LogP contribution in [0.25, 0.3) is 71.3 Å². The second-order valence-corrected chi connectivity index (χ2v) is 14.2. The Kier molecular flexibility index (Phi) is 7.77. The third-order valence-electron chi connectivity index (χ3n) is 11.1. The molecule has 2 heterocycles. The molecule has 10 aromatic rings. The lowest BCUT2D eigenvalue weighted by Gasteiger charge is -2.25. The smallest absolute Gasteiger partial charge is 0.123 e. The van der Waals surface area contributed by atoms with Gasteiger partial charge in [-0.15, -0.1) is 0 Å². The van der Waals surface area contributed by atoms with Gasteiger partial charge in [0.15, 0.2) is 0 Å². The van der Waals surface area contributed by atoms with Crippen molar-refractivity contribution >= 4 is 71.6 Å². The third kappa shape index (κ3) is 5.37. The van der Waals surface area contributed by atoms with Gasteiger partial charge >= 0.3 is 0 Å². The molecule has 0 aliphatic heterocycles. The molecule has 55 heavy (non-hydrogen) atoms. The van der Waals surface area contributed by atoms with Crippen LogP contribution in [0, 0.1) is 5.82 Å². The van der Waals surface area contributed by atoms with Gasteiger partial charge in [0.05, 0.1) is 28.6 Å². The first-order chi connectivity index (χ1) is 27.0. The summed E-state index contributed by atoms with van der Waals surface area (Å²) in [6.45, 7) is 4.38. The predicted molar refractivity (Wildman–Crippen MR) is 229 cm³/mol. The highest BCUT2D eigenvalue weighted by Crippen LogP contribution is 2.45.